The Bertz CT molecular complexity index is 941. The largest absolute Gasteiger partial charge is 0.394 e. The van der Waals surface area contributed by atoms with E-state index in [1.807, 2.05) is 42.5 Å². The lowest BCUT2D eigenvalue weighted by molar-refractivity contribution is -0.179. The molecule has 4 atom stereocenters. The van der Waals surface area contributed by atoms with Gasteiger partial charge in [-0.25, -0.2) is 4.98 Å². The molecule has 1 fully saturated rings. The Morgan fingerprint density at radius 1 is 1.07 bits per heavy atom. The van der Waals surface area contributed by atoms with E-state index in [1.165, 1.54) is 0 Å². The maximum Gasteiger partial charge on any atom is 0.133 e. The fourth-order valence-corrected chi connectivity index (χ4v) is 3.56. The second kappa shape index (κ2) is 7.38. The third-order valence-electron chi connectivity index (χ3n) is 4.98. The van der Waals surface area contributed by atoms with Crippen LogP contribution in [0.3, 0.4) is 0 Å². The highest BCUT2D eigenvalue weighted by molar-refractivity contribution is 5.82. The summed E-state index contributed by atoms with van der Waals surface area (Å²) < 4.78 is 5.78. The lowest BCUT2D eigenvalue weighted by Crippen LogP contribution is -2.44. The molecule has 0 aliphatic carbocycles. The summed E-state index contributed by atoms with van der Waals surface area (Å²) >= 11 is 0. The molecule has 1 aliphatic rings. The smallest absolute Gasteiger partial charge is 0.133 e. The maximum atomic E-state index is 10.3. The van der Waals surface area contributed by atoms with Crippen molar-refractivity contribution in [3.63, 3.8) is 0 Å². The van der Waals surface area contributed by atoms with Crippen LogP contribution in [0.5, 0.6) is 0 Å². The van der Waals surface area contributed by atoms with E-state index in [0.29, 0.717) is 5.82 Å². The first kappa shape index (κ1) is 18.1. The molecule has 0 radical (unpaired) electrons. The van der Waals surface area contributed by atoms with Gasteiger partial charge in [-0.15, -0.1) is 0 Å². The Hall–Kier alpha value is -2.29. The highest BCUT2D eigenvalue weighted by atomic mass is 16.5. The number of aliphatic hydroxyl groups is 4. The number of nitrogens with one attached hydrogen (secondary N) is 1. The van der Waals surface area contributed by atoms with Gasteiger partial charge in [0.15, 0.2) is 0 Å². The van der Waals surface area contributed by atoms with Crippen molar-refractivity contribution in [1.82, 2.24) is 9.97 Å². The van der Waals surface area contributed by atoms with Gasteiger partial charge in [-0.1, -0.05) is 24.3 Å². The second-order valence-corrected chi connectivity index (χ2v) is 6.85. The van der Waals surface area contributed by atoms with E-state index in [0.717, 1.165) is 27.7 Å². The second-order valence-electron chi connectivity index (χ2n) is 6.85. The van der Waals surface area contributed by atoms with Gasteiger partial charge in [-0.3, -0.25) is 0 Å². The van der Waals surface area contributed by atoms with Crippen LogP contribution < -0.4 is 0 Å². The monoisotopic (exact) mass is 370 g/mol. The molecule has 27 heavy (non-hydrogen) atoms. The third-order valence-corrected chi connectivity index (χ3v) is 4.98. The molecular weight excluding hydrogens is 348 g/mol. The molecule has 7 nitrogen and oxygen atoms in total. The van der Waals surface area contributed by atoms with Gasteiger partial charge in [-0.05, 0) is 34.9 Å². The van der Waals surface area contributed by atoms with Crippen LogP contribution in [0, 0.1) is 0 Å². The van der Waals surface area contributed by atoms with E-state index < -0.39 is 24.4 Å². The lowest BCUT2D eigenvalue weighted by atomic mass is 9.91. The normalized spacial score (nSPS) is 25.8. The number of hydrogen-bond acceptors (Lipinski definition) is 6. The molecule has 0 unspecified atom stereocenters. The van der Waals surface area contributed by atoms with Crippen molar-refractivity contribution in [2.45, 2.75) is 37.4 Å². The van der Waals surface area contributed by atoms with Gasteiger partial charge in [0.05, 0.1) is 29.8 Å². The van der Waals surface area contributed by atoms with Crippen molar-refractivity contribution in [2.75, 3.05) is 6.61 Å². The molecule has 0 bridgehead atoms. The molecule has 1 aromatic heterocycles. The number of benzene rings is 2. The fourth-order valence-electron chi connectivity index (χ4n) is 3.56. The van der Waals surface area contributed by atoms with E-state index in [1.54, 1.807) is 0 Å². The van der Waals surface area contributed by atoms with Crippen LogP contribution in [0.15, 0.2) is 42.5 Å². The molecule has 7 heteroatoms. The molecule has 0 spiro atoms. The molecule has 0 amide bonds. The summed E-state index contributed by atoms with van der Waals surface area (Å²) in [5, 5.41) is 39.0. The zero-order chi connectivity index (χ0) is 19.0. The van der Waals surface area contributed by atoms with E-state index in [-0.39, 0.29) is 19.6 Å². The average Bonchev–Trinajstić information content (AvgIpc) is 3.12. The number of fused-ring (bicyclic) bond motifs is 1. The highest BCUT2D eigenvalue weighted by Crippen LogP contribution is 2.34. The Morgan fingerprint density at radius 2 is 1.89 bits per heavy atom. The number of imidazole rings is 1. The van der Waals surface area contributed by atoms with Crippen LogP contribution in [0.1, 0.15) is 23.9 Å². The quantitative estimate of drug-likeness (QED) is 0.472. The molecule has 1 aliphatic heterocycles. The minimum absolute atomic E-state index is 0.148. The Morgan fingerprint density at radius 3 is 2.67 bits per heavy atom. The van der Waals surface area contributed by atoms with E-state index in [2.05, 4.69) is 9.97 Å². The van der Waals surface area contributed by atoms with Gasteiger partial charge in [0, 0.05) is 6.42 Å². The Kier molecular flexibility index (Phi) is 4.94. The molecule has 5 N–H and O–H groups in total. The Balaban J connectivity index is 1.67. The minimum atomic E-state index is -1.05. The predicted octanol–water partition coefficient (Wildman–Crippen LogP) is 1.27. The van der Waals surface area contributed by atoms with Crippen LogP contribution in [0.2, 0.25) is 0 Å². The van der Waals surface area contributed by atoms with E-state index in [4.69, 9.17) is 4.74 Å². The van der Waals surface area contributed by atoms with Crippen molar-refractivity contribution < 1.29 is 25.2 Å². The number of aromatic amines is 1. The molecular formula is C20H22N2O5. The van der Waals surface area contributed by atoms with Gasteiger partial charge in [-0.2, -0.15) is 0 Å². The highest BCUT2D eigenvalue weighted by Gasteiger charge is 2.37. The topological polar surface area (TPSA) is 119 Å². The number of aliphatic hydroxyl groups excluding tert-OH is 4. The first-order valence-corrected chi connectivity index (χ1v) is 8.91. The summed E-state index contributed by atoms with van der Waals surface area (Å²) in [7, 11) is 0. The summed E-state index contributed by atoms with van der Waals surface area (Å²) in [5.41, 5.74) is 4.21. The Labute approximate surface area is 155 Å². The molecule has 1 saturated heterocycles. The lowest BCUT2D eigenvalue weighted by Gasteiger charge is -2.37. The van der Waals surface area contributed by atoms with E-state index >= 15 is 0 Å². The van der Waals surface area contributed by atoms with Crippen LogP contribution in [-0.4, -0.2) is 55.3 Å². The van der Waals surface area contributed by atoms with Crippen LogP contribution in [0.4, 0.5) is 0 Å². The van der Waals surface area contributed by atoms with Gasteiger partial charge >= 0.3 is 0 Å². The zero-order valence-corrected chi connectivity index (χ0v) is 14.6. The van der Waals surface area contributed by atoms with Crippen molar-refractivity contribution in [3.05, 3.63) is 53.9 Å². The SMILES string of the molecule is OCc1nc2ccc(-c3cccc([C@H]4O[C@H](CO)C[C@H](O)[C@@H]4O)c3)cc2[nH]1. The standard InChI is InChI=1S/C20H22N2O5/c23-9-14-8-17(25)19(26)20(27-14)13-3-1-2-11(6-13)12-4-5-15-16(7-12)22-18(10-24)21-15/h1-7,14,17,19-20,23-26H,8-10H2,(H,21,22)/t14-,17-,19-,20+/m0/s1. The molecule has 2 aromatic carbocycles. The first-order valence-electron chi connectivity index (χ1n) is 8.91. The number of H-pyrrole nitrogens is 1. The summed E-state index contributed by atoms with van der Waals surface area (Å²) in [4.78, 5) is 7.36. The number of nitrogens with zero attached hydrogens (tertiary/aromatic N) is 1. The van der Waals surface area contributed by atoms with Crippen molar-refractivity contribution >= 4 is 11.0 Å². The van der Waals surface area contributed by atoms with Crippen molar-refractivity contribution in [1.29, 1.82) is 0 Å². The van der Waals surface area contributed by atoms with Crippen molar-refractivity contribution in [3.8, 4) is 11.1 Å². The molecule has 0 saturated carbocycles. The average molecular weight is 370 g/mol. The number of hydrogen-bond donors (Lipinski definition) is 5. The van der Waals surface area contributed by atoms with Gasteiger partial charge in [0.2, 0.25) is 0 Å². The molecule has 3 aromatic rings. The number of aromatic nitrogens is 2. The number of ether oxygens (including phenoxy) is 1. The molecule has 4 rings (SSSR count). The van der Waals surface area contributed by atoms with Gasteiger partial charge in [0.25, 0.3) is 0 Å². The van der Waals surface area contributed by atoms with Crippen LogP contribution in [-0.2, 0) is 11.3 Å². The summed E-state index contributed by atoms with van der Waals surface area (Å²) in [6.45, 7) is -0.353. The third kappa shape index (κ3) is 3.47. The molecule has 142 valence electrons. The molecule has 2 heterocycles. The minimum Gasteiger partial charge on any atom is -0.394 e. The predicted molar refractivity (Wildman–Crippen MR) is 98.8 cm³/mol. The zero-order valence-electron chi connectivity index (χ0n) is 14.6. The van der Waals surface area contributed by atoms with E-state index in [9.17, 15) is 20.4 Å². The van der Waals surface area contributed by atoms with Crippen LogP contribution in [0.25, 0.3) is 22.2 Å². The summed E-state index contributed by atoms with van der Waals surface area (Å²) in [6, 6.07) is 13.3. The van der Waals surface area contributed by atoms with Gasteiger partial charge < -0.3 is 30.1 Å². The fraction of sp³-hybridized carbons (Fsp3) is 0.350. The maximum absolute atomic E-state index is 10.3. The van der Waals surface area contributed by atoms with Gasteiger partial charge in [0.1, 0.15) is 24.6 Å². The summed E-state index contributed by atoms with van der Waals surface area (Å²) in [6.07, 6.45) is -3.00. The van der Waals surface area contributed by atoms with Crippen LogP contribution >= 0.6 is 0 Å². The summed E-state index contributed by atoms with van der Waals surface area (Å²) in [5.74, 6) is 0.513. The number of rotatable bonds is 4. The van der Waals surface area contributed by atoms with Crippen molar-refractivity contribution in [2.24, 2.45) is 0 Å². The first-order chi connectivity index (χ1) is 13.1.